The number of hydrogen-bond donors (Lipinski definition) is 1. The lowest BCUT2D eigenvalue weighted by Gasteiger charge is -2.27. The Balaban J connectivity index is 1.63. The normalized spacial score (nSPS) is 18.5. The molecule has 1 saturated heterocycles. The standard InChI is InChI=1S/C19H21N5O4S/c20-23-21-10-3-1-2-4-11-29-14-7-5-6-12-16(14)19(28)24(18(12)27)13-8-9-15(25)22-17(13)26/h5-7,13H,1-4,8-11H2,(H,22,25,26). The van der Waals surface area contributed by atoms with Crippen molar-refractivity contribution in [3.8, 4) is 0 Å². The molecule has 1 aromatic rings. The quantitative estimate of drug-likeness (QED) is 0.165. The van der Waals surface area contributed by atoms with Gasteiger partial charge in [-0.2, -0.15) is 0 Å². The highest BCUT2D eigenvalue weighted by Crippen LogP contribution is 2.34. The lowest BCUT2D eigenvalue weighted by Crippen LogP contribution is -2.54. The molecule has 9 nitrogen and oxygen atoms in total. The summed E-state index contributed by atoms with van der Waals surface area (Å²) in [4.78, 5) is 53.7. The first kappa shape index (κ1) is 20.9. The summed E-state index contributed by atoms with van der Waals surface area (Å²) in [6.07, 6.45) is 3.98. The van der Waals surface area contributed by atoms with Gasteiger partial charge in [-0.15, -0.1) is 11.8 Å². The SMILES string of the molecule is [N-]=[N+]=NCCCCCCSc1cccc2c1C(=O)N(C1CCC(=O)NC1=O)C2=O. The van der Waals surface area contributed by atoms with E-state index in [1.165, 1.54) is 11.8 Å². The molecule has 0 saturated carbocycles. The molecule has 0 bridgehead atoms. The van der Waals surface area contributed by atoms with E-state index in [1.54, 1.807) is 12.1 Å². The molecular weight excluding hydrogens is 394 g/mol. The Morgan fingerprint density at radius 1 is 1.14 bits per heavy atom. The fraction of sp³-hybridized carbons (Fsp3) is 0.474. The van der Waals surface area contributed by atoms with E-state index in [0.717, 1.165) is 41.2 Å². The number of carbonyl (C=O) groups is 4. The van der Waals surface area contributed by atoms with Gasteiger partial charge >= 0.3 is 0 Å². The molecule has 1 unspecified atom stereocenters. The maximum absolute atomic E-state index is 13.0. The van der Waals surface area contributed by atoms with Crippen molar-refractivity contribution in [3.63, 3.8) is 0 Å². The molecule has 4 amide bonds. The Bertz CT molecular complexity index is 897. The summed E-state index contributed by atoms with van der Waals surface area (Å²) in [6.45, 7) is 0.503. The zero-order chi connectivity index (χ0) is 20.8. The summed E-state index contributed by atoms with van der Waals surface area (Å²) < 4.78 is 0. The second-order valence-corrected chi connectivity index (χ2v) is 7.98. The van der Waals surface area contributed by atoms with Gasteiger partial charge in [-0.25, -0.2) is 0 Å². The number of carbonyl (C=O) groups excluding carboxylic acids is 4. The van der Waals surface area contributed by atoms with Crippen LogP contribution in [-0.4, -0.2) is 46.9 Å². The summed E-state index contributed by atoms with van der Waals surface area (Å²) in [7, 11) is 0. The van der Waals surface area contributed by atoms with Crippen molar-refractivity contribution in [2.24, 2.45) is 5.11 Å². The molecule has 0 spiro atoms. The van der Waals surface area contributed by atoms with E-state index in [4.69, 9.17) is 5.53 Å². The highest BCUT2D eigenvalue weighted by atomic mass is 32.2. The smallest absolute Gasteiger partial charge is 0.263 e. The van der Waals surface area contributed by atoms with E-state index in [-0.39, 0.29) is 12.8 Å². The Kier molecular flexibility index (Phi) is 6.90. The van der Waals surface area contributed by atoms with Gasteiger partial charge in [0, 0.05) is 22.8 Å². The Labute approximate surface area is 171 Å². The maximum Gasteiger partial charge on any atom is 0.263 e. The fourth-order valence-corrected chi connectivity index (χ4v) is 4.55. The monoisotopic (exact) mass is 415 g/mol. The number of hydrogen-bond acceptors (Lipinski definition) is 6. The molecule has 2 aliphatic heterocycles. The van der Waals surface area contributed by atoms with Crippen LogP contribution in [0.25, 0.3) is 10.4 Å². The van der Waals surface area contributed by atoms with Crippen LogP contribution in [-0.2, 0) is 9.59 Å². The summed E-state index contributed by atoms with van der Waals surface area (Å²) in [5.41, 5.74) is 8.89. The molecule has 10 heteroatoms. The van der Waals surface area contributed by atoms with E-state index in [0.29, 0.717) is 17.7 Å². The van der Waals surface area contributed by atoms with Gasteiger partial charge < -0.3 is 0 Å². The minimum absolute atomic E-state index is 0.102. The largest absolute Gasteiger partial charge is 0.295 e. The van der Waals surface area contributed by atoms with Crippen LogP contribution >= 0.6 is 11.8 Å². The van der Waals surface area contributed by atoms with Crippen molar-refractivity contribution >= 4 is 35.4 Å². The number of piperidine rings is 1. The first-order chi connectivity index (χ1) is 14.0. The average Bonchev–Trinajstić information content (AvgIpc) is 2.95. The topological polar surface area (TPSA) is 132 Å². The average molecular weight is 415 g/mol. The fourth-order valence-electron chi connectivity index (χ4n) is 3.47. The van der Waals surface area contributed by atoms with E-state index in [1.807, 2.05) is 6.07 Å². The van der Waals surface area contributed by atoms with Crippen LogP contribution in [0.2, 0.25) is 0 Å². The number of imide groups is 2. The number of unbranched alkanes of at least 4 members (excludes halogenated alkanes) is 3. The first-order valence-corrected chi connectivity index (χ1v) is 10.5. The number of nitrogens with zero attached hydrogens (tertiary/aromatic N) is 4. The number of azide groups is 1. The Morgan fingerprint density at radius 2 is 1.93 bits per heavy atom. The van der Waals surface area contributed by atoms with E-state index >= 15 is 0 Å². The highest BCUT2D eigenvalue weighted by Gasteiger charge is 2.45. The van der Waals surface area contributed by atoms with E-state index in [9.17, 15) is 19.2 Å². The third kappa shape index (κ3) is 4.60. The zero-order valence-electron chi connectivity index (χ0n) is 15.8. The van der Waals surface area contributed by atoms with Gasteiger partial charge in [0.15, 0.2) is 0 Å². The highest BCUT2D eigenvalue weighted by molar-refractivity contribution is 7.99. The predicted molar refractivity (Wildman–Crippen MR) is 106 cm³/mol. The van der Waals surface area contributed by atoms with Crippen molar-refractivity contribution in [3.05, 3.63) is 39.8 Å². The predicted octanol–water partition coefficient (Wildman–Crippen LogP) is 3.05. The van der Waals surface area contributed by atoms with Crippen molar-refractivity contribution in [1.82, 2.24) is 10.2 Å². The molecule has 0 radical (unpaired) electrons. The summed E-state index contributed by atoms with van der Waals surface area (Å²) in [5.74, 6) is -1.17. The van der Waals surface area contributed by atoms with Gasteiger partial charge in [0.05, 0.1) is 11.1 Å². The summed E-state index contributed by atoms with van der Waals surface area (Å²) >= 11 is 1.51. The molecule has 2 aliphatic rings. The number of thioether (sulfide) groups is 1. The van der Waals surface area contributed by atoms with Crippen molar-refractivity contribution in [1.29, 1.82) is 0 Å². The van der Waals surface area contributed by atoms with Crippen LogP contribution in [0.1, 0.15) is 59.2 Å². The minimum Gasteiger partial charge on any atom is -0.295 e. The molecule has 1 atom stereocenters. The second-order valence-electron chi connectivity index (χ2n) is 6.84. The molecule has 3 rings (SSSR count). The molecule has 2 heterocycles. The van der Waals surface area contributed by atoms with E-state index in [2.05, 4.69) is 15.3 Å². The molecule has 1 aromatic carbocycles. The van der Waals surface area contributed by atoms with Crippen molar-refractivity contribution in [2.75, 3.05) is 12.3 Å². The second kappa shape index (κ2) is 9.58. The van der Waals surface area contributed by atoms with Gasteiger partial charge in [0.1, 0.15) is 6.04 Å². The van der Waals surface area contributed by atoms with Gasteiger partial charge in [0.25, 0.3) is 11.8 Å². The van der Waals surface area contributed by atoms with Crippen LogP contribution in [0.3, 0.4) is 0 Å². The molecule has 29 heavy (non-hydrogen) atoms. The number of nitrogens with one attached hydrogen (secondary N) is 1. The van der Waals surface area contributed by atoms with Crippen LogP contribution in [0, 0.1) is 0 Å². The zero-order valence-corrected chi connectivity index (χ0v) is 16.6. The van der Waals surface area contributed by atoms with Gasteiger partial charge in [-0.05, 0) is 42.7 Å². The van der Waals surface area contributed by atoms with Crippen LogP contribution in [0.5, 0.6) is 0 Å². The van der Waals surface area contributed by atoms with E-state index < -0.39 is 29.7 Å². The van der Waals surface area contributed by atoms with Gasteiger partial charge in [0.2, 0.25) is 11.8 Å². The lowest BCUT2D eigenvalue weighted by atomic mass is 10.0. The van der Waals surface area contributed by atoms with Gasteiger partial charge in [-0.3, -0.25) is 29.4 Å². The Morgan fingerprint density at radius 3 is 2.69 bits per heavy atom. The Hall–Kier alpha value is -2.84. The lowest BCUT2D eigenvalue weighted by molar-refractivity contribution is -0.136. The van der Waals surface area contributed by atoms with Crippen LogP contribution in [0.4, 0.5) is 0 Å². The third-order valence-corrected chi connectivity index (χ3v) is 6.05. The summed E-state index contributed by atoms with van der Waals surface area (Å²) in [6, 6.07) is 4.19. The number of fused-ring (bicyclic) bond motifs is 1. The van der Waals surface area contributed by atoms with Crippen molar-refractivity contribution in [2.45, 2.75) is 49.5 Å². The van der Waals surface area contributed by atoms with Gasteiger partial charge in [-0.1, -0.05) is 24.0 Å². The van der Waals surface area contributed by atoms with Crippen LogP contribution in [0.15, 0.2) is 28.2 Å². The molecular formula is C19H21N5O4S. The van der Waals surface area contributed by atoms with Crippen LogP contribution < -0.4 is 5.32 Å². The van der Waals surface area contributed by atoms with Crippen molar-refractivity contribution < 1.29 is 19.2 Å². The molecule has 1 fully saturated rings. The molecule has 152 valence electrons. The first-order valence-electron chi connectivity index (χ1n) is 9.53. The number of amides is 4. The maximum atomic E-state index is 13.0. The summed E-state index contributed by atoms with van der Waals surface area (Å²) in [5, 5.41) is 5.70. The third-order valence-electron chi connectivity index (χ3n) is 4.90. The molecule has 0 aliphatic carbocycles. The molecule has 0 aromatic heterocycles. The number of benzene rings is 1. The molecule has 1 N–H and O–H groups in total. The number of rotatable bonds is 9. The minimum atomic E-state index is -0.950.